The SMILES string of the molecule is CCc1ccc(CC)c2c1C=C[CH]2[Ti+3].[Br-].[Br-].[Br-]. The van der Waals surface area contributed by atoms with Gasteiger partial charge in [-0.15, -0.1) is 0 Å². The van der Waals surface area contributed by atoms with Crippen molar-refractivity contribution in [1.82, 2.24) is 0 Å². The van der Waals surface area contributed by atoms with E-state index in [4.69, 9.17) is 0 Å². The number of hydrogen-bond acceptors (Lipinski definition) is 0. The topological polar surface area (TPSA) is 0 Å². The van der Waals surface area contributed by atoms with Crippen LogP contribution in [0, 0.1) is 0 Å². The van der Waals surface area contributed by atoms with E-state index in [1.54, 1.807) is 5.56 Å². The van der Waals surface area contributed by atoms with Crippen molar-refractivity contribution in [2.75, 3.05) is 0 Å². The van der Waals surface area contributed by atoms with Crippen molar-refractivity contribution < 1.29 is 71.4 Å². The zero-order valence-electron chi connectivity index (χ0n) is 9.93. The monoisotopic (exact) mass is 456 g/mol. The van der Waals surface area contributed by atoms with Gasteiger partial charge in [-0.3, -0.25) is 0 Å². The Bertz CT molecular complexity index is 388. The van der Waals surface area contributed by atoms with Gasteiger partial charge in [0.05, 0.1) is 0 Å². The molecule has 1 atom stereocenters. The van der Waals surface area contributed by atoms with Crippen LogP contribution in [0.15, 0.2) is 18.2 Å². The minimum atomic E-state index is 0. The Labute approximate surface area is 147 Å². The molecule has 92 valence electrons. The van der Waals surface area contributed by atoms with Crippen LogP contribution < -0.4 is 50.9 Å². The third kappa shape index (κ3) is 4.04. The molecule has 0 fully saturated rings. The number of aryl methyl sites for hydroxylation is 2. The van der Waals surface area contributed by atoms with Crippen LogP contribution in [-0.4, -0.2) is 0 Å². The molecule has 0 spiro atoms. The molecule has 1 aliphatic rings. The molecular formula is C13H15Br3Ti. The molecule has 1 aliphatic carbocycles. The molecule has 0 bridgehead atoms. The number of fused-ring (bicyclic) bond motifs is 1. The molecule has 0 radical (unpaired) electrons. The van der Waals surface area contributed by atoms with Gasteiger partial charge in [-0.2, -0.15) is 0 Å². The Kier molecular flexibility index (Phi) is 10.9. The van der Waals surface area contributed by atoms with Crippen LogP contribution in [0.5, 0.6) is 0 Å². The van der Waals surface area contributed by atoms with E-state index in [2.05, 4.69) is 58.6 Å². The molecular weight excluding hydrogens is 444 g/mol. The minimum absolute atomic E-state index is 0. The first kappa shape index (κ1) is 20.4. The van der Waals surface area contributed by atoms with Gasteiger partial charge in [-0.25, -0.2) is 0 Å². The summed E-state index contributed by atoms with van der Waals surface area (Å²) in [7, 11) is 0. The zero-order chi connectivity index (χ0) is 10.1. The van der Waals surface area contributed by atoms with Crippen LogP contribution in [-0.2, 0) is 33.3 Å². The quantitative estimate of drug-likeness (QED) is 0.388. The molecule has 4 heteroatoms. The van der Waals surface area contributed by atoms with Gasteiger partial charge in [0, 0.05) is 0 Å². The van der Waals surface area contributed by atoms with Crippen LogP contribution in [0.3, 0.4) is 0 Å². The Morgan fingerprint density at radius 3 is 2.06 bits per heavy atom. The number of rotatable bonds is 2. The third-order valence-electron chi connectivity index (χ3n) is 3.00. The van der Waals surface area contributed by atoms with E-state index in [-0.39, 0.29) is 50.9 Å². The predicted molar refractivity (Wildman–Crippen MR) is 57.0 cm³/mol. The second-order valence-electron chi connectivity index (χ2n) is 3.76. The number of benzene rings is 1. The van der Waals surface area contributed by atoms with Gasteiger partial charge in [0.25, 0.3) is 0 Å². The van der Waals surface area contributed by atoms with E-state index in [1.165, 1.54) is 16.7 Å². The van der Waals surface area contributed by atoms with Crippen LogP contribution in [0.2, 0.25) is 0 Å². The minimum Gasteiger partial charge on any atom is -1.00 e. The average molecular weight is 459 g/mol. The Balaban J connectivity index is 0. The molecule has 0 aromatic heterocycles. The molecule has 1 aromatic rings. The smallest absolute Gasteiger partial charge is 1.00 e. The maximum atomic E-state index is 2.32. The number of hydrogen-bond donors (Lipinski definition) is 0. The predicted octanol–water partition coefficient (Wildman–Crippen LogP) is -5.56. The first-order valence-corrected chi connectivity index (χ1v) is 6.22. The molecule has 1 aromatic carbocycles. The Hall–Kier alpha value is 1.11. The summed E-state index contributed by atoms with van der Waals surface area (Å²) >= 11 is 2.29. The Morgan fingerprint density at radius 2 is 1.53 bits per heavy atom. The van der Waals surface area contributed by atoms with Crippen LogP contribution in [0.4, 0.5) is 0 Å². The van der Waals surface area contributed by atoms with E-state index in [0.29, 0.717) is 4.22 Å². The maximum Gasteiger partial charge on any atom is -1.00 e. The van der Waals surface area contributed by atoms with Gasteiger partial charge in [0.2, 0.25) is 0 Å². The van der Waals surface area contributed by atoms with Gasteiger partial charge in [0.1, 0.15) is 0 Å². The molecule has 0 aliphatic heterocycles. The fourth-order valence-electron chi connectivity index (χ4n) is 2.20. The Morgan fingerprint density at radius 1 is 1.00 bits per heavy atom. The second kappa shape index (κ2) is 9.09. The third-order valence-corrected chi connectivity index (χ3v) is 3.75. The molecule has 0 N–H and O–H groups in total. The van der Waals surface area contributed by atoms with Gasteiger partial charge in [0.15, 0.2) is 0 Å². The van der Waals surface area contributed by atoms with Crippen molar-refractivity contribution >= 4 is 6.08 Å². The summed E-state index contributed by atoms with van der Waals surface area (Å²) in [6.07, 6.45) is 6.92. The van der Waals surface area contributed by atoms with Gasteiger partial charge >= 0.3 is 97.9 Å². The molecule has 0 heterocycles. The average Bonchev–Trinajstić information content (AvgIpc) is 2.60. The standard InChI is InChI=1S/C13H15.3BrH.Ti/c1-3-10-8-9-11(4-2)13-7-5-6-12(10)13;;;;/h5-9H,3-4H2,1-2H3;3*1H;/q;;;;+3/p-3. The van der Waals surface area contributed by atoms with Crippen LogP contribution in [0.25, 0.3) is 6.08 Å². The summed E-state index contributed by atoms with van der Waals surface area (Å²) in [4.78, 5) is 0. The number of halogens is 3. The van der Waals surface area contributed by atoms with Gasteiger partial charge in [-0.05, 0) is 0 Å². The number of allylic oxidation sites excluding steroid dienone is 1. The van der Waals surface area contributed by atoms with Gasteiger partial charge in [-0.1, -0.05) is 0 Å². The van der Waals surface area contributed by atoms with Crippen molar-refractivity contribution in [2.45, 2.75) is 30.9 Å². The van der Waals surface area contributed by atoms with E-state index >= 15 is 0 Å². The second-order valence-corrected chi connectivity index (χ2v) is 4.73. The van der Waals surface area contributed by atoms with Crippen LogP contribution in [0.1, 0.15) is 40.3 Å². The largest absolute Gasteiger partial charge is 1.00 e. The molecule has 17 heavy (non-hydrogen) atoms. The summed E-state index contributed by atoms with van der Waals surface area (Å²) < 4.78 is 0.617. The fraction of sp³-hybridized carbons (Fsp3) is 0.385. The van der Waals surface area contributed by atoms with Crippen molar-refractivity contribution in [1.29, 1.82) is 0 Å². The first-order valence-electron chi connectivity index (χ1n) is 5.31. The molecule has 1 unspecified atom stereocenters. The molecule has 0 amide bonds. The summed E-state index contributed by atoms with van der Waals surface area (Å²) in [6.45, 7) is 4.48. The molecule has 2 rings (SSSR count). The summed E-state index contributed by atoms with van der Waals surface area (Å²) in [5.41, 5.74) is 6.10. The molecule has 0 saturated heterocycles. The zero-order valence-corrected chi connectivity index (χ0v) is 16.3. The molecule has 0 nitrogen and oxygen atoms in total. The summed E-state index contributed by atoms with van der Waals surface area (Å²) in [5.74, 6) is 0. The normalized spacial score (nSPS) is 15.4. The maximum absolute atomic E-state index is 2.32. The molecule has 0 saturated carbocycles. The van der Waals surface area contributed by atoms with Crippen LogP contribution >= 0.6 is 0 Å². The summed E-state index contributed by atoms with van der Waals surface area (Å²) in [5, 5.41) is 0. The van der Waals surface area contributed by atoms with Crippen molar-refractivity contribution in [3.8, 4) is 0 Å². The fourth-order valence-corrected chi connectivity index (χ4v) is 2.88. The summed E-state index contributed by atoms with van der Waals surface area (Å²) in [6, 6.07) is 4.60. The first-order chi connectivity index (χ1) is 6.77. The van der Waals surface area contributed by atoms with Crippen molar-refractivity contribution in [3.63, 3.8) is 0 Å². The van der Waals surface area contributed by atoms with E-state index in [1.807, 2.05) is 0 Å². The van der Waals surface area contributed by atoms with E-state index in [0.717, 1.165) is 12.8 Å². The van der Waals surface area contributed by atoms with Crippen molar-refractivity contribution in [2.24, 2.45) is 0 Å². The van der Waals surface area contributed by atoms with Crippen molar-refractivity contribution in [3.05, 3.63) is 40.5 Å². The van der Waals surface area contributed by atoms with E-state index in [9.17, 15) is 0 Å². The van der Waals surface area contributed by atoms with Gasteiger partial charge < -0.3 is 50.9 Å². The van der Waals surface area contributed by atoms with E-state index < -0.39 is 0 Å².